The maximum atomic E-state index is 11.9. The number of likely N-dealkylation sites (N-methyl/N-ethyl adjacent to an activating group) is 1. The number of hydrogen-bond donors (Lipinski definition) is 1. The van der Waals surface area contributed by atoms with Gasteiger partial charge in [0.2, 0.25) is 11.8 Å². The molecule has 2 N–H and O–H groups in total. The maximum Gasteiger partial charge on any atom is 0.247 e. The molecule has 1 aliphatic heterocycles. The van der Waals surface area contributed by atoms with E-state index in [9.17, 15) is 9.59 Å². The van der Waals surface area contributed by atoms with Crippen LogP contribution in [0.15, 0.2) is 0 Å². The molecule has 2 amide bonds. The molecular weight excluding hydrogens is 230 g/mol. The van der Waals surface area contributed by atoms with Gasteiger partial charge < -0.3 is 15.5 Å². The predicted octanol–water partition coefficient (Wildman–Crippen LogP) is -0.164. The van der Waals surface area contributed by atoms with E-state index in [0.29, 0.717) is 26.1 Å². The lowest BCUT2D eigenvalue weighted by molar-refractivity contribution is -0.157. The Labute approximate surface area is 102 Å². The average molecular weight is 250 g/mol. The number of hydrogen-bond acceptors (Lipinski definition) is 3. The smallest absolute Gasteiger partial charge is 0.247 e. The van der Waals surface area contributed by atoms with Crippen molar-refractivity contribution >= 4 is 24.2 Å². The summed E-state index contributed by atoms with van der Waals surface area (Å²) in [5, 5.41) is 0. The lowest BCUT2D eigenvalue weighted by Gasteiger charge is -2.44. The van der Waals surface area contributed by atoms with E-state index in [4.69, 9.17) is 5.73 Å². The van der Waals surface area contributed by atoms with Crippen molar-refractivity contribution in [3.05, 3.63) is 0 Å². The topological polar surface area (TPSA) is 66.6 Å². The lowest BCUT2D eigenvalue weighted by atomic mass is 9.97. The normalized spacial score (nSPS) is 19.4. The van der Waals surface area contributed by atoms with Crippen LogP contribution in [0.25, 0.3) is 0 Å². The van der Waals surface area contributed by atoms with Gasteiger partial charge in [0.1, 0.15) is 5.54 Å². The zero-order valence-corrected chi connectivity index (χ0v) is 10.8. The highest BCUT2D eigenvalue weighted by Crippen LogP contribution is 2.22. The number of halogens is 1. The molecule has 0 atom stereocenters. The van der Waals surface area contributed by atoms with Crippen LogP contribution in [0.2, 0.25) is 0 Å². The number of nitrogens with zero attached hydrogens (tertiary/aromatic N) is 2. The molecular formula is C10H20ClN3O2. The van der Waals surface area contributed by atoms with Crippen molar-refractivity contribution in [2.24, 2.45) is 5.73 Å². The summed E-state index contributed by atoms with van der Waals surface area (Å²) in [4.78, 5) is 26.9. The molecule has 1 rings (SSSR count). The highest BCUT2D eigenvalue weighted by molar-refractivity contribution is 5.91. The number of nitrogens with two attached hydrogens (primary N) is 1. The first kappa shape index (κ1) is 15.2. The van der Waals surface area contributed by atoms with Gasteiger partial charge in [0.05, 0.1) is 0 Å². The Morgan fingerprint density at radius 2 is 2.00 bits per heavy atom. The minimum atomic E-state index is -0.737. The van der Waals surface area contributed by atoms with Gasteiger partial charge in [0, 0.05) is 33.1 Å². The highest BCUT2D eigenvalue weighted by Gasteiger charge is 2.42. The first-order valence-electron chi connectivity index (χ1n) is 5.17. The van der Waals surface area contributed by atoms with Crippen LogP contribution in [-0.4, -0.2) is 53.8 Å². The van der Waals surface area contributed by atoms with Crippen molar-refractivity contribution in [2.75, 3.05) is 26.7 Å². The van der Waals surface area contributed by atoms with E-state index in [2.05, 4.69) is 0 Å². The number of piperazine rings is 1. The van der Waals surface area contributed by atoms with Crippen molar-refractivity contribution in [1.29, 1.82) is 0 Å². The molecule has 1 fully saturated rings. The Morgan fingerprint density at radius 3 is 2.50 bits per heavy atom. The van der Waals surface area contributed by atoms with Crippen LogP contribution in [0.1, 0.15) is 20.3 Å². The lowest BCUT2D eigenvalue weighted by Crippen LogP contribution is -2.63. The third kappa shape index (κ3) is 2.65. The molecule has 6 heteroatoms. The predicted molar refractivity (Wildman–Crippen MR) is 64.3 cm³/mol. The van der Waals surface area contributed by atoms with Gasteiger partial charge in [-0.2, -0.15) is 0 Å². The molecule has 0 spiro atoms. The van der Waals surface area contributed by atoms with Crippen LogP contribution in [0.4, 0.5) is 0 Å². The summed E-state index contributed by atoms with van der Waals surface area (Å²) in [6.45, 7) is 5.07. The van der Waals surface area contributed by atoms with Gasteiger partial charge in [-0.05, 0) is 13.8 Å². The molecule has 0 aromatic rings. The van der Waals surface area contributed by atoms with Gasteiger partial charge in [0.15, 0.2) is 0 Å². The standard InChI is InChI=1S/C10H19N3O2.ClH/c1-10(2)9(15)12(3)6-7-13(10)8(14)4-5-11;/h4-7,11H2,1-3H3;1H. The fraction of sp³-hybridized carbons (Fsp3) is 0.800. The van der Waals surface area contributed by atoms with Crippen molar-refractivity contribution in [3.63, 3.8) is 0 Å². The van der Waals surface area contributed by atoms with E-state index in [1.807, 2.05) is 0 Å². The zero-order chi connectivity index (χ0) is 11.6. The van der Waals surface area contributed by atoms with Crippen LogP contribution >= 0.6 is 12.4 Å². The first-order valence-corrected chi connectivity index (χ1v) is 5.17. The maximum absolute atomic E-state index is 11.9. The van der Waals surface area contributed by atoms with E-state index >= 15 is 0 Å². The van der Waals surface area contributed by atoms with E-state index in [1.165, 1.54) is 0 Å². The van der Waals surface area contributed by atoms with Gasteiger partial charge in [0.25, 0.3) is 0 Å². The Bertz CT molecular complexity index is 281. The third-order valence-electron chi connectivity index (χ3n) is 2.86. The molecule has 1 heterocycles. The van der Waals surface area contributed by atoms with Crippen LogP contribution < -0.4 is 5.73 Å². The molecule has 0 unspecified atom stereocenters. The van der Waals surface area contributed by atoms with Crippen LogP contribution in [-0.2, 0) is 9.59 Å². The summed E-state index contributed by atoms with van der Waals surface area (Å²) in [5.41, 5.74) is 4.61. The molecule has 0 aromatic carbocycles. The zero-order valence-electron chi connectivity index (χ0n) is 10.0. The van der Waals surface area contributed by atoms with Gasteiger partial charge in [-0.1, -0.05) is 0 Å². The molecule has 0 bridgehead atoms. The Morgan fingerprint density at radius 1 is 1.44 bits per heavy atom. The van der Waals surface area contributed by atoms with E-state index in [1.54, 1.807) is 30.7 Å². The number of amides is 2. The van der Waals surface area contributed by atoms with Crippen LogP contribution in [0, 0.1) is 0 Å². The quantitative estimate of drug-likeness (QED) is 0.739. The fourth-order valence-corrected chi connectivity index (χ4v) is 1.91. The number of carbonyl (C=O) groups is 2. The van der Waals surface area contributed by atoms with E-state index in [0.717, 1.165) is 0 Å². The molecule has 94 valence electrons. The summed E-state index contributed by atoms with van der Waals surface area (Å²) in [6, 6.07) is 0. The molecule has 5 nitrogen and oxygen atoms in total. The summed E-state index contributed by atoms with van der Waals surface area (Å²) >= 11 is 0. The van der Waals surface area contributed by atoms with Gasteiger partial charge in [-0.25, -0.2) is 0 Å². The van der Waals surface area contributed by atoms with Gasteiger partial charge >= 0.3 is 0 Å². The minimum Gasteiger partial charge on any atom is -0.342 e. The van der Waals surface area contributed by atoms with Crippen molar-refractivity contribution in [2.45, 2.75) is 25.8 Å². The SMILES string of the molecule is CN1CCN(C(=O)CCN)C(C)(C)C1=O.Cl. The summed E-state index contributed by atoms with van der Waals surface area (Å²) < 4.78 is 0. The summed E-state index contributed by atoms with van der Waals surface area (Å²) in [7, 11) is 1.76. The Hall–Kier alpha value is -0.810. The second kappa shape index (κ2) is 5.50. The van der Waals surface area contributed by atoms with E-state index in [-0.39, 0.29) is 24.2 Å². The average Bonchev–Trinajstić information content (AvgIpc) is 2.14. The minimum absolute atomic E-state index is 0. The Kier molecular flexibility index (Phi) is 5.22. The van der Waals surface area contributed by atoms with Crippen molar-refractivity contribution in [3.8, 4) is 0 Å². The summed E-state index contributed by atoms with van der Waals surface area (Å²) in [5.74, 6) is -0.0527. The number of carbonyl (C=O) groups excluding carboxylic acids is 2. The number of rotatable bonds is 2. The Balaban J connectivity index is 0.00000225. The van der Waals surface area contributed by atoms with Crippen molar-refractivity contribution in [1.82, 2.24) is 9.80 Å². The van der Waals surface area contributed by atoms with E-state index < -0.39 is 5.54 Å². The van der Waals surface area contributed by atoms with Crippen LogP contribution in [0.3, 0.4) is 0 Å². The van der Waals surface area contributed by atoms with Gasteiger partial charge in [-0.15, -0.1) is 12.4 Å². The third-order valence-corrected chi connectivity index (χ3v) is 2.86. The largest absolute Gasteiger partial charge is 0.342 e. The van der Waals surface area contributed by atoms with Gasteiger partial charge in [-0.3, -0.25) is 9.59 Å². The molecule has 16 heavy (non-hydrogen) atoms. The molecule has 0 aliphatic carbocycles. The van der Waals surface area contributed by atoms with Crippen molar-refractivity contribution < 1.29 is 9.59 Å². The molecule has 1 saturated heterocycles. The summed E-state index contributed by atoms with van der Waals surface area (Å²) in [6.07, 6.45) is 0.306. The highest BCUT2D eigenvalue weighted by atomic mass is 35.5. The van der Waals surface area contributed by atoms with Crippen LogP contribution in [0.5, 0.6) is 0 Å². The second-order valence-electron chi connectivity index (χ2n) is 4.37. The first-order chi connectivity index (χ1) is 6.91. The molecule has 0 aromatic heterocycles. The molecule has 1 aliphatic rings. The fourth-order valence-electron chi connectivity index (χ4n) is 1.91. The molecule has 0 radical (unpaired) electrons. The molecule has 0 saturated carbocycles. The monoisotopic (exact) mass is 249 g/mol. The second-order valence-corrected chi connectivity index (χ2v) is 4.37.